The number of hydrogen-bond donors (Lipinski definition) is 0. The molecule has 2 aliphatic rings. The highest BCUT2D eigenvalue weighted by Gasteiger charge is 2.42. The quantitative estimate of drug-likeness (QED) is 0.762. The van der Waals surface area contributed by atoms with Crippen LogP contribution in [0.3, 0.4) is 0 Å². The van der Waals surface area contributed by atoms with Crippen molar-refractivity contribution in [3.63, 3.8) is 0 Å². The Hall–Kier alpha value is -0.990. The lowest BCUT2D eigenvalue weighted by atomic mass is 9.79. The average Bonchev–Trinajstić information content (AvgIpc) is 3.03. The summed E-state index contributed by atoms with van der Waals surface area (Å²) in [6.45, 7) is 5.77. The van der Waals surface area contributed by atoms with Crippen molar-refractivity contribution in [3.05, 3.63) is 11.7 Å². The first-order valence-corrected chi connectivity index (χ1v) is 11.0. The summed E-state index contributed by atoms with van der Waals surface area (Å²) in [7, 11) is -3.11. The van der Waals surface area contributed by atoms with Crippen LogP contribution in [0.25, 0.3) is 0 Å². The number of piperidine rings is 1. The molecule has 3 heterocycles. The molecule has 2 aliphatic heterocycles. The molecule has 2 saturated heterocycles. The Morgan fingerprint density at radius 1 is 1.28 bits per heavy atom. The van der Waals surface area contributed by atoms with Crippen LogP contribution in [0, 0.1) is 5.92 Å². The Morgan fingerprint density at radius 3 is 2.68 bits per heavy atom. The molecule has 1 aromatic heterocycles. The van der Waals surface area contributed by atoms with Gasteiger partial charge in [-0.25, -0.2) is 12.7 Å². The Morgan fingerprint density at radius 2 is 2.04 bits per heavy atom. The highest BCUT2D eigenvalue weighted by atomic mass is 32.2. The van der Waals surface area contributed by atoms with Crippen molar-refractivity contribution < 1.29 is 17.7 Å². The van der Waals surface area contributed by atoms with Gasteiger partial charge >= 0.3 is 0 Å². The minimum Gasteiger partial charge on any atom is -0.375 e. The highest BCUT2D eigenvalue weighted by molar-refractivity contribution is 7.89. The summed E-state index contributed by atoms with van der Waals surface area (Å²) < 4.78 is 37.6. The maximum absolute atomic E-state index is 12.3. The van der Waals surface area contributed by atoms with Gasteiger partial charge in [0.25, 0.3) is 0 Å². The molecule has 3 rings (SSSR count). The Balaban J connectivity index is 1.58. The Bertz CT molecular complexity index is 665. The van der Waals surface area contributed by atoms with Gasteiger partial charge in [0.15, 0.2) is 5.82 Å². The predicted octanol–water partition coefficient (Wildman–Crippen LogP) is 2.18. The average molecular weight is 372 g/mol. The second kappa shape index (κ2) is 7.72. The zero-order valence-electron chi connectivity index (χ0n) is 15.2. The number of rotatable bonds is 6. The van der Waals surface area contributed by atoms with Crippen molar-refractivity contribution in [3.8, 4) is 0 Å². The summed E-state index contributed by atoms with van der Waals surface area (Å²) in [6, 6.07) is 0. The molecule has 0 bridgehead atoms. The molecule has 142 valence electrons. The third kappa shape index (κ3) is 4.41. The maximum atomic E-state index is 12.3. The van der Waals surface area contributed by atoms with Crippen LogP contribution < -0.4 is 0 Å². The van der Waals surface area contributed by atoms with E-state index in [1.807, 2.05) is 13.8 Å². The number of hydrogen-bond acceptors (Lipinski definition) is 6. The Kier molecular flexibility index (Phi) is 5.80. The van der Waals surface area contributed by atoms with Crippen LogP contribution in [0.15, 0.2) is 4.52 Å². The summed E-state index contributed by atoms with van der Waals surface area (Å²) in [4.78, 5) is 4.42. The lowest BCUT2D eigenvalue weighted by Gasteiger charge is -2.45. The van der Waals surface area contributed by atoms with E-state index in [4.69, 9.17) is 9.26 Å². The summed E-state index contributed by atoms with van der Waals surface area (Å²) in [5.74, 6) is 2.16. The molecule has 0 aromatic carbocycles. The third-order valence-electron chi connectivity index (χ3n) is 5.37. The van der Waals surface area contributed by atoms with E-state index in [-0.39, 0.29) is 11.4 Å². The number of aromatic nitrogens is 2. The van der Waals surface area contributed by atoms with Crippen molar-refractivity contribution in [2.45, 2.75) is 64.4 Å². The van der Waals surface area contributed by atoms with Gasteiger partial charge in [-0.3, -0.25) is 0 Å². The molecule has 1 aromatic rings. The maximum Gasteiger partial charge on any atom is 0.226 e. The molecule has 2 fully saturated rings. The SMILES string of the molecule is CCCS(=O)(=O)N1CCC2(CC1)CC(Cc1nc(CC)no1)CCO2. The number of aryl methyl sites for hydroxylation is 1. The van der Waals surface area contributed by atoms with Crippen LogP contribution in [-0.2, 0) is 27.6 Å². The van der Waals surface area contributed by atoms with Crippen LogP contribution in [0.5, 0.6) is 0 Å². The second-order valence-corrected chi connectivity index (χ2v) is 9.36. The first kappa shape index (κ1) is 18.8. The molecule has 1 atom stereocenters. The van der Waals surface area contributed by atoms with Gasteiger partial charge in [-0.1, -0.05) is 19.0 Å². The van der Waals surface area contributed by atoms with Crippen molar-refractivity contribution in [1.82, 2.24) is 14.4 Å². The minimum absolute atomic E-state index is 0.186. The fourth-order valence-corrected chi connectivity index (χ4v) is 5.49. The van der Waals surface area contributed by atoms with E-state index < -0.39 is 10.0 Å². The Labute approximate surface area is 150 Å². The highest BCUT2D eigenvalue weighted by Crippen LogP contribution is 2.39. The van der Waals surface area contributed by atoms with E-state index in [0.29, 0.717) is 31.3 Å². The van der Waals surface area contributed by atoms with Crippen LogP contribution >= 0.6 is 0 Å². The fourth-order valence-electron chi connectivity index (χ4n) is 3.97. The van der Waals surface area contributed by atoms with Crippen LogP contribution in [0.4, 0.5) is 0 Å². The fraction of sp³-hybridized carbons (Fsp3) is 0.882. The number of nitrogens with zero attached hydrogens (tertiary/aromatic N) is 3. The predicted molar refractivity (Wildman–Crippen MR) is 93.7 cm³/mol. The molecule has 0 aliphatic carbocycles. The standard InChI is InChI=1S/C17H29N3O4S/c1-3-11-25(21,22)20-8-6-17(7-9-20)13-14(5-10-23-17)12-16-18-15(4-2)19-24-16/h14H,3-13H2,1-2H3. The topological polar surface area (TPSA) is 85.5 Å². The minimum atomic E-state index is -3.11. The third-order valence-corrected chi connectivity index (χ3v) is 7.45. The van der Waals surface area contributed by atoms with E-state index in [1.54, 1.807) is 4.31 Å². The van der Waals surface area contributed by atoms with E-state index in [1.165, 1.54) is 0 Å². The van der Waals surface area contributed by atoms with Gasteiger partial charge < -0.3 is 9.26 Å². The van der Waals surface area contributed by atoms with Gasteiger partial charge in [-0.2, -0.15) is 4.98 Å². The van der Waals surface area contributed by atoms with E-state index >= 15 is 0 Å². The molecule has 1 spiro atoms. The molecule has 7 nitrogen and oxygen atoms in total. The van der Waals surface area contributed by atoms with Crippen molar-refractivity contribution >= 4 is 10.0 Å². The van der Waals surface area contributed by atoms with E-state index in [9.17, 15) is 8.42 Å². The molecule has 0 radical (unpaired) electrons. The monoisotopic (exact) mass is 371 g/mol. The van der Waals surface area contributed by atoms with Crippen molar-refractivity contribution in [1.29, 1.82) is 0 Å². The summed E-state index contributed by atoms with van der Waals surface area (Å²) in [5, 5.41) is 3.97. The van der Waals surface area contributed by atoms with E-state index in [0.717, 1.165) is 51.0 Å². The first-order valence-electron chi connectivity index (χ1n) is 9.39. The second-order valence-electron chi connectivity index (χ2n) is 7.27. The van der Waals surface area contributed by atoms with Crippen LogP contribution in [-0.4, -0.2) is 53.9 Å². The molecule has 25 heavy (non-hydrogen) atoms. The summed E-state index contributed by atoms with van der Waals surface area (Å²) in [6.07, 6.45) is 5.71. The van der Waals surface area contributed by atoms with Crippen LogP contribution in [0.1, 0.15) is 57.7 Å². The van der Waals surface area contributed by atoms with Gasteiger partial charge in [0.2, 0.25) is 15.9 Å². The zero-order valence-corrected chi connectivity index (χ0v) is 16.1. The molecule has 0 saturated carbocycles. The largest absolute Gasteiger partial charge is 0.375 e. The molecule has 0 amide bonds. The lowest BCUT2D eigenvalue weighted by Crippen LogP contribution is -2.51. The van der Waals surface area contributed by atoms with E-state index in [2.05, 4.69) is 10.1 Å². The van der Waals surface area contributed by atoms with Gasteiger partial charge in [-0.15, -0.1) is 0 Å². The summed E-state index contributed by atoms with van der Waals surface area (Å²) >= 11 is 0. The molecular formula is C17H29N3O4S. The zero-order chi connectivity index (χ0) is 17.9. The molecule has 8 heteroatoms. The first-order chi connectivity index (χ1) is 12.0. The van der Waals surface area contributed by atoms with Crippen molar-refractivity contribution in [2.75, 3.05) is 25.4 Å². The number of sulfonamides is 1. The molecule has 1 unspecified atom stereocenters. The smallest absolute Gasteiger partial charge is 0.226 e. The summed E-state index contributed by atoms with van der Waals surface area (Å²) in [5.41, 5.74) is -0.186. The van der Waals surface area contributed by atoms with Crippen LogP contribution in [0.2, 0.25) is 0 Å². The normalized spacial score (nSPS) is 24.6. The molecule has 0 N–H and O–H groups in total. The lowest BCUT2D eigenvalue weighted by molar-refractivity contribution is -0.121. The van der Waals surface area contributed by atoms with Gasteiger partial charge in [0.1, 0.15) is 0 Å². The molecular weight excluding hydrogens is 342 g/mol. The van der Waals surface area contributed by atoms with Gasteiger partial charge in [0, 0.05) is 32.5 Å². The van der Waals surface area contributed by atoms with Gasteiger partial charge in [-0.05, 0) is 38.0 Å². The van der Waals surface area contributed by atoms with Gasteiger partial charge in [0.05, 0.1) is 11.4 Å². The number of ether oxygens (including phenoxy) is 1. The van der Waals surface area contributed by atoms with Crippen molar-refractivity contribution in [2.24, 2.45) is 5.92 Å².